The van der Waals surface area contributed by atoms with Gasteiger partial charge in [0.25, 0.3) is 11.5 Å². The smallest absolute Gasteiger partial charge is 0.287 e. The monoisotopic (exact) mass is 409 g/mol. The Morgan fingerprint density at radius 2 is 2.00 bits per heavy atom. The van der Waals surface area contributed by atoms with E-state index in [1.165, 1.54) is 36.0 Å². The largest absolute Gasteiger partial charge is 0.375 e. The first kappa shape index (κ1) is 18.9. The third-order valence-corrected chi connectivity index (χ3v) is 5.23. The van der Waals surface area contributed by atoms with Crippen molar-refractivity contribution in [2.24, 2.45) is 0 Å². The maximum absolute atomic E-state index is 13.4. The zero-order chi connectivity index (χ0) is 20.4. The van der Waals surface area contributed by atoms with Gasteiger partial charge in [0.05, 0.1) is 11.4 Å². The number of thioether (sulfide) groups is 1. The van der Waals surface area contributed by atoms with Gasteiger partial charge in [0.15, 0.2) is 5.65 Å². The molecule has 0 spiro atoms. The Morgan fingerprint density at radius 1 is 1.17 bits per heavy atom. The number of halogens is 1. The van der Waals surface area contributed by atoms with E-state index in [2.05, 4.69) is 10.3 Å². The molecule has 2 heterocycles. The molecule has 0 fully saturated rings. The lowest BCUT2D eigenvalue weighted by Gasteiger charge is -2.11. The molecule has 1 N–H and O–H groups in total. The lowest BCUT2D eigenvalue weighted by Crippen LogP contribution is -2.13. The number of anilines is 1. The van der Waals surface area contributed by atoms with Crippen LogP contribution in [0.2, 0.25) is 0 Å². The number of amides is 1. The van der Waals surface area contributed by atoms with Gasteiger partial charge in [-0.3, -0.25) is 9.59 Å². The van der Waals surface area contributed by atoms with Crippen LogP contribution < -0.4 is 10.9 Å². The van der Waals surface area contributed by atoms with E-state index in [9.17, 15) is 14.0 Å². The Labute approximate surface area is 169 Å². The molecule has 0 bridgehead atoms. The lowest BCUT2D eigenvalue weighted by atomic mass is 10.2. The number of aryl methyl sites for hydroxylation is 1. The van der Waals surface area contributed by atoms with Gasteiger partial charge in [0.2, 0.25) is 0 Å². The Morgan fingerprint density at radius 3 is 2.83 bits per heavy atom. The lowest BCUT2D eigenvalue weighted by molar-refractivity contribution is 0.102. The van der Waals surface area contributed by atoms with Crippen LogP contribution in [0, 0.1) is 12.7 Å². The highest BCUT2D eigenvalue weighted by Gasteiger charge is 2.12. The highest BCUT2D eigenvalue weighted by molar-refractivity contribution is 7.98. The van der Waals surface area contributed by atoms with Crippen LogP contribution >= 0.6 is 11.8 Å². The molecule has 0 atom stereocenters. The second-order valence-electron chi connectivity index (χ2n) is 6.33. The van der Waals surface area contributed by atoms with Gasteiger partial charge in [-0.2, -0.15) is 0 Å². The standard InChI is InChI=1S/C21H16FN3O3S/c1-13-9-19-23-16(11-20(26)25(19)28-13)12-29-18-8-3-2-7-17(18)24-21(27)14-5-4-6-15(22)10-14/h2-11H,12H2,1H3,(H,24,27). The Hall–Kier alpha value is -3.39. The van der Waals surface area contributed by atoms with Crippen LogP contribution in [-0.4, -0.2) is 15.5 Å². The molecule has 4 aromatic rings. The SMILES string of the molecule is Cc1cc2nc(CSc3ccccc3NC(=O)c3cccc(F)c3)cc(=O)n2o1. The minimum atomic E-state index is -0.470. The van der Waals surface area contributed by atoms with Gasteiger partial charge in [-0.25, -0.2) is 9.37 Å². The molecular formula is C21H16FN3O3S. The normalized spacial score (nSPS) is 11.0. The minimum Gasteiger partial charge on any atom is -0.375 e. The predicted octanol–water partition coefficient (Wildman–Crippen LogP) is 4.28. The number of nitrogens with zero attached hydrogens (tertiary/aromatic N) is 2. The van der Waals surface area contributed by atoms with Crippen LogP contribution in [0.5, 0.6) is 0 Å². The Balaban J connectivity index is 1.53. The third kappa shape index (κ3) is 4.22. The van der Waals surface area contributed by atoms with Gasteiger partial charge in [-0.15, -0.1) is 16.3 Å². The highest BCUT2D eigenvalue weighted by atomic mass is 32.2. The summed E-state index contributed by atoms with van der Waals surface area (Å²) in [6.07, 6.45) is 0. The molecule has 2 aromatic carbocycles. The van der Waals surface area contributed by atoms with Crippen LogP contribution in [0.15, 0.2) is 74.9 Å². The van der Waals surface area contributed by atoms with Gasteiger partial charge in [-0.1, -0.05) is 18.2 Å². The van der Waals surface area contributed by atoms with E-state index in [4.69, 9.17) is 4.52 Å². The topological polar surface area (TPSA) is 76.6 Å². The molecule has 4 rings (SSSR count). The zero-order valence-electron chi connectivity index (χ0n) is 15.4. The molecule has 146 valence electrons. The van der Waals surface area contributed by atoms with Crippen LogP contribution in [0.3, 0.4) is 0 Å². The van der Waals surface area contributed by atoms with Crippen LogP contribution in [0.4, 0.5) is 10.1 Å². The summed E-state index contributed by atoms with van der Waals surface area (Å²) in [6.45, 7) is 1.75. The molecule has 0 saturated carbocycles. The molecule has 0 unspecified atom stereocenters. The van der Waals surface area contributed by atoms with Crippen molar-refractivity contribution in [1.82, 2.24) is 9.56 Å². The number of para-hydroxylation sites is 1. The maximum Gasteiger partial charge on any atom is 0.287 e. The first-order valence-electron chi connectivity index (χ1n) is 8.78. The summed E-state index contributed by atoms with van der Waals surface area (Å²) < 4.78 is 19.8. The van der Waals surface area contributed by atoms with Crippen molar-refractivity contribution >= 4 is 29.0 Å². The fourth-order valence-corrected chi connectivity index (χ4v) is 3.72. The fraction of sp³-hybridized carbons (Fsp3) is 0.0952. The number of carbonyl (C=O) groups is 1. The molecule has 0 aliphatic carbocycles. The number of aromatic nitrogens is 2. The molecule has 29 heavy (non-hydrogen) atoms. The second kappa shape index (κ2) is 7.92. The molecule has 2 aromatic heterocycles. The summed E-state index contributed by atoms with van der Waals surface area (Å²) in [6, 6.07) is 15.9. The van der Waals surface area contributed by atoms with Gasteiger partial charge < -0.3 is 9.84 Å². The van der Waals surface area contributed by atoms with Gasteiger partial charge in [0, 0.05) is 28.3 Å². The van der Waals surface area contributed by atoms with Crippen molar-refractivity contribution in [3.05, 3.63) is 93.9 Å². The van der Waals surface area contributed by atoms with Crippen molar-refractivity contribution < 1.29 is 13.7 Å². The highest BCUT2D eigenvalue weighted by Crippen LogP contribution is 2.29. The number of benzene rings is 2. The Kier molecular flexibility index (Phi) is 5.18. The van der Waals surface area contributed by atoms with Gasteiger partial charge >= 0.3 is 0 Å². The average molecular weight is 409 g/mol. The van der Waals surface area contributed by atoms with E-state index >= 15 is 0 Å². The first-order chi connectivity index (χ1) is 14.0. The third-order valence-electron chi connectivity index (χ3n) is 4.12. The van der Waals surface area contributed by atoms with E-state index in [0.29, 0.717) is 28.5 Å². The van der Waals surface area contributed by atoms with E-state index < -0.39 is 11.7 Å². The number of rotatable bonds is 5. The number of hydrogen-bond donors (Lipinski definition) is 1. The van der Waals surface area contributed by atoms with Crippen LogP contribution in [0.25, 0.3) is 5.65 Å². The molecule has 1 amide bonds. The zero-order valence-corrected chi connectivity index (χ0v) is 16.2. The van der Waals surface area contributed by atoms with Crippen molar-refractivity contribution in [1.29, 1.82) is 0 Å². The quantitative estimate of drug-likeness (QED) is 0.498. The maximum atomic E-state index is 13.4. The van der Waals surface area contributed by atoms with E-state index in [0.717, 1.165) is 9.47 Å². The van der Waals surface area contributed by atoms with Gasteiger partial charge in [-0.05, 0) is 37.3 Å². The molecule has 6 nitrogen and oxygen atoms in total. The van der Waals surface area contributed by atoms with Crippen LogP contribution in [-0.2, 0) is 5.75 Å². The summed E-state index contributed by atoms with van der Waals surface area (Å²) in [4.78, 5) is 29.8. The van der Waals surface area contributed by atoms with E-state index in [-0.39, 0.29) is 11.1 Å². The van der Waals surface area contributed by atoms with E-state index in [1.807, 2.05) is 12.1 Å². The van der Waals surface area contributed by atoms with Gasteiger partial charge in [0.1, 0.15) is 11.6 Å². The average Bonchev–Trinajstić information content (AvgIpc) is 3.08. The number of carbonyl (C=O) groups excluding carboxylic acids is 1. The number of nitrogens with one attached hydrogen (secondary N) is 1. The molecule has 0 aliphatic heterocycles. The summed E-state index contributed by atoms with van der Waals surface area (Å²) in [5, 5.41) is 2.81. The molecule has 0 radical (unpaired) electrons. The van der Waals surface area contributed by atoms with Crippen molar-refractivity contribution in [3.8, 4) is 0 Å². The number of fused-ring (bicyclic) bond motifs is 1. The fourth-order valence-electron chi connectivity index (χ4n) is 2.82. The first-order valence-corrected chi connectivity index (χ1v) is 9.76. The predicted molar refractivity (Wildman–Crippen MR) is 109 cm³/mol. The molecule has 0 aliphatic rings. The van der Waals surface area contributed by atoms with Crippen molar-refractivity contribution in [2.45, 2.75) is 17.6 Å². The summed E-state index contributed by atoms with van der Waals surface area (Å²) in [5.41, 5.74) is 1.61. The molecular weight excluding hydrogens is 393 g/mol. The Bertz CT molecular complexity index is 1270. The van der Waals surface area contributed by atoms with E-state index in [1.54, 1.807) is 31.2 Å². The summed E-state index contributed by atoms with van der Waals surface area (Å²) in [7, 11) is 0. The number of hydrogen-bond acceptors (Lipinski definition) is 5. The van der Waals surface area contributed by atoms with Crippen molar-refractivity contribution in [3.63, 3.8) is 0 Å². The summed E-state index contributed by atoms with van der Waals surface area (Å²) >= 11 is 1.43. The summed E-state index contributed by atoms with van der Waals surface area (Å²) in [5.74, 6) is 0.166. The minimum absolute atomic E-state index is 0.236. The van der Waals surface area contributed by atoms with Crippen molar-refractivity contribution in [2.75, 3.05) is 5.32 Å². The molecule has 8 heteroatoms. The second-order valence-corrected chi connectivity index (χ2v) is 7.35. The van der Waals surface area contributed by atoms with Crippen LogP contribution in [0.1, 0.15) is 21.8 Å². The molecule has 0 saturated heterocycles.